The van der Waals surface area contributed by atoms with Crippen LogP contribution < -0.4 is 11.1 Å². The summed E-state index contributed by atoms with van der Waals surface area (Å²) >= 11 is 4.91. The molecule has 4 nitrogen and oxygen atoms in total. The number of hydrogen-bond donors (Lipinski definition) is 2. The van der Waals surface area contributed by atoms with Gasteiger partial charge in [0, 0.05) is 18.5 Å². The highest BCUT2D eigenvalue weighted by molar-refractivity contribution is 7.80. The van der Waals surface area contributed by atoms with E-state index in [1.165, 1.54) is 0 Å². The van der Waals surface area contributed by atoms with E-state index in [0.717, 1.165) is 0 Å². The first-order valence-corrected chi connectivity index (χ1v) is 5.96. The molecule has 2 unspecified atom stereocenters. The summed E-state index contributed by atoms with van der Waals surface area (Å²) in [6, 6.07) is -0.00411. The molecule has 2 atom stereocenters. The Labute approximate surface area is 104 Å². The van der Waals surface area contributed by atoms with Gasteiger partial charge in [0.2, 0.25) is 5.91 Å². The van der Waals surface area contributed by atoms with E-state index in [2.05, 4.69) is 5.32 Å². The maximum absolute atomic E-state index is 11.7. The van der Waals surface area contributed by atoms with E-state index >= 15 is 0 Å². The number of carbonyl (C=O) groups is 1. The van der Waals surface area contributed by atoms with Crippen molar-refractivity contribution < 1.29 is 4.79 Å². The van der Waals surface area contributed by atoms with Crippen LogP contribution in [0.5, 0.6) is 0 Å². The second kappa shape index (κ2) is 6.81. The predicted molar refractivity (Wildman–Crippen MR) is 71.3 cm³/mol. The van der Waals surface area contributed by atoms with Crippen molar-refractivity contribution >= 4 is 23.1 Å². The minimum absolute atomic E-state index is 0.0349. The van der Waals surface area contributed by atoms with Crippen molar-refractivity contribution in [2.75, 3.05) is 13.6 Å². The number of hydrogen-bond acceptors (Lipinski definition) is 3. The Morgan fingerprint density at radius 2 is 1.88 bits per heavy atom. The molecule has 0 heterocycles. The van der Waals surface area contributed by atoms with Gasteiger partial charge < -0.3 is 11.1 Å². The van der Waals surface area contributed by atoms with Gasteiger partial charge in [0.1, 0.15) is 0 Å². The zero-order valence-corrected chi connectivity index (χ0v) is 11.6. The smallest absolute Gasteiger partial charge is 0.237 e. The van der Waals surface area contributed by atoms with Gasteiger partial charge in [-0.1, -0.05) is 19.1 Å². The van der Waals surface area contributed by atoms with E-state index in [4.69, 9.17) is 18.0 Å². The first-order valence-electron chi connectivity index (χ1n) is 5.55. The SMILES string of the molecule is CC(C)NC(=O)C(C)N(C)CC(C)C(N)=S. The Morgan fingerprint density at radius 1 is 1.38 bits per heavy atom. The number of thiocarbonyl (C=S) groups is 1. The normalized spacial score (nSPS) is 14.9. The minimum Gasteiger partial charge on any atom is -0.393 e. The molecule has 0 saturated heterocycles. The Morgan fingerprint density at radius 3 is 2.25 bits per heavy atom. The van der Waals surface area contributed by atoms with E-state index in [1.807, 2.05) is 39.6 Å². The van der Waals surface area contributed by atoms with Crippen LogP contribution in [-0.2, 0) is 4.79 Å². The van der Waals surface area contributed by atoms with Crippen molar-refractivity contribution in [3.8, 4) is 0 Å². The molecule has 0 radical (unpaired) electrons. The van der Waals surface area contributed by atoms with Gasteiger partial charge >= 0.3 is 0 Å². The lowest BCUT2D eigenvalue weighted by Crippen LogP contribution is -2.47. The highest BCUT2D eigenvalue weighted by Crippen LogP contribution is 2.03. The van der Waals surface area contributed by atoms with Crippen LogP contribution in [0.2, 0.25) is 0 Å². The van der Waals surface area contributed by atoms with Gasteiger partial charge in [-0.25, -0.2) is 0 Å². The lowest BCUT2D eigenvalue weighted by atomic mass is 10.1. The van der Waals surface area contributed by atoms with Crippen molar-refractivity contribution in [1.82, 2.24) is 10.2 Å². The zero-order chi connectivity index (χ0) is 12.9. The van der Waals surface area contributed by atoms with Crippen molar-refractivity contribution in [2.45, 2.75) is 39.8 Å². The van der Waals surface area contributed by atoms with Crippen LogP contribution in [-0.4, -0.2) is 41.5 Å². The second-order valence-corrected chi connectivity index (χ2v) is 5.05. The molecule has 0 aliphatic carbocycles. The molecule has 0 saturated carbocycles. The number of likely N-dealkylation sites (N-methyl/N-ethyl adjacent to an activating group) is 1. The van der Waals surface area contributed by atoms with Crippen molar-refractivity contribution in [1.29, 1.82) is 0 Å². The highest BCUT2D eigenvalue weighted by Gasteiger charge is 2.20. The van der Waals surface area contributed by atoms with Crippen molar-refractivity contribution in [3.05, 3.63) is 0 Å². The molecule has 3 N–H and O–H groups in total. The Bertz CT molecular complexity index is 256. The summed E-state index contributed by atoms with van der Waals surface area (Å²) in [4.78, 5) is 14.2. The first-order chi connectivity index (χ1) is 7.25. The number of nitrogens with one attached hydrogen (secondary N) is 1. The maximum atomic E-state index is 11.7. The van der Waals surface area contributed by atoms with Crippen molar-refractivity contribution in [3.63, 3.8) is 0 Å². The molecular formula is C11H23N3OS. The highest BCUT2D eigenvalue weighted by atomic mass is 32.1. The van der Waals surface area contributed by atoms with Crippen LogP contribution in [0.15, 0.2) is 0 Å². The predicted octanol–water partition coefficient (Wildman–Crippen LogP) is 0.754. The van der Waals surface area contributed by atoms with Crippen LogP contribution >= 0.6 is 12.2 Å². The van der Waals surface area contributed by atoms with Gasteiger partial charge in [0.15, 0.2) is 0 Å². The second-order valence-electron chi connectivity index (χ2n) is 4.58. The van der Waals surface area contributed by atoms with E-state index < -0.39 is 0 Å². The van der Waals surface area contributed by atoms with Crippen LogP contribution in [0.1, 0.15) is 27.7 Å². The zero-order valence-electron chi connectivity index (χ0n) is 10.8. The summed E-state index contributed by atoms with van der Waals surface area (Å²) in [6.45, 7) is 8.43. The average molecular weight is 245 g/mol. The van der Waals surface area contributed by atoms with Crippen molar-refractivity contribution in [2.24, 2.45) is 11.7 Å². The molecule has 0 aliphatic rings. The number of amides is 1. The monoisotopic (exact) mass is 245 g/mol. The fourth-order valence-corrected chi connectivity index (χ4v) is 1.36. The van der Waals surface area contributed by atoms with Gasteiger partial charge in [-0.2, -0.15) is 0 Å². The summed E-state index contributed by atoms with van der Waals surface area (Å²) in [5.74, 6) is 0.155. The molecule has 0 aliphatic heterocycles. The third kappa shape index (κ3) is 5.42. The summed E-state index contributed by atoms with van der Waals surface area (Å²) in [5.41, 5.74) is 5.55. The van der Waals surface area contributed by atoms with Gasteiger partial charge in [0.25, 0.3) is 0 Å². The van der Waals surface area contributed by atoms with Crippen LogP contribution in [0.4, 0.5) is 0 Å². The van der Waals surface area contributed by atoms with Crippen LogP contribution in [0.25, 0.3) is 0 Å². The molecule has 0 aromatic heterocycles. The Balaban J connectivity index is 4.22. The largest absolute Gasteiger partial charge is 0.393 e. The number of carbonyl (C=O) groups excluding carboxylic acids is 1. The fraction of sp³-hybridized carbons (Fsp3) is 0.818. The van der Waals surface area contributed by atoms with Gasteiger partial charge in [-0.3, -0.25) is 9.69 Å². The molecule has 1 amide bonds. The van der Waals surface area contributed by atoms with Gasteiger partial charge in [0.05, 0.1) is 11.0 Å². The van der Waals surface area contributed by atoms with E-state index in [1.54, 1.807) is 0 Å². The van der Waals surface area contributed by atoms with Crippen LogP contribution in [0.3, 0.4) is 0 Å². The molecule has 0 aromatic carbocycles. The Kier molecular flexibility index (Phi) is 6.52. The quantitative estimate of drug-likeness (QED) is 0.678. The van der Waals surface area contributed by atoms with E-state index in [-0.39, 0.29) is 23.9 Å². The average Bonchev–Trinajstić information content (AvgIpc) is 2.14. The minimum atomic E-state index is -0.167. The Hall–Kier alpha value is -0.680. The molecule has 0 bridgehead atoms. The van der Waals surface area contributed by atoms with E-state index in [9.17, 15) is 4.79 Å². The van der Waals surface area contributed by atoms with E-state index in [0.29, 0.717) is 11.5 Å². The summed E-state index contributed by atoms with van der Waals surface area (Å²) in [7, 11) is 1.90. The number of rotatable bonds is 6. The molecule has 5 heteroatoms. The summed E-state index contributed by atoms with van der Waals surface area (Å²) in [6.07, 6.45) is 0. The molecular weight excluding hydrogens is 222 g/mol. The standard InChI is InChI=1S/C11H23N3OS/c1-7(2)13-11(15)9(4)14(5)6-8(3)10(12)16/h7-9H,6H2,1-5H3,(H2,12,16)(H,13,15). The number of nitrogens with two attached hydrogens (primary N) is 1. The molecule has 0 aromatic rings. The van der Waals surface area contributed by atoms with Gasteiger partial charge in [-0.15, -0.1) is 0 Å². The maximum Gasteiger partial charge on any atom is 0.237 e. The lowest BCUT2D eigenvalue weighted by Gasteiger charge is -2.27. The van der Waals surface area contributed by atoms with Crippen LogP contribution in [0, 0.1) is 5.92 Å². The summed E-state index contributed by atoms with van der Waals surface area (Å²) < 4.78 is 0. The summed E-state index contributed by atoms with van der Waals surface area (Å²) in [5, 5.41) is 2.88. The third-order valence-corrected chi connectivity index (χ3v) is 2.92. The molecule has 0 fully saturated rings. The lowest BCUT2D eigenvalue weighted by molar-refractivity contribution is -0.126. The molecule has 0 spiro atoms. The van der Waals surface area contributed by atoms with Gasteiger partial charge in [-0.05, 0) is 27.8 Å². The number of nitrogens with zero attached hydrogens (tertiary/aromatic N) is 1. The molecule has 0 rings (SSSR count). The fourth-order valence-electron chi connectivity index (χ4n) is 1.29. The molecule has 16 heavy (non-hydrogen) atoms. The topological polar surface area (TPSA) is 58.4 Å². The first kappa shape index (κ1) is 15.3. The third-order valence-electron chi connectivity index (χ3n) is 2.52. The molecule has 94 valence electrons.